The van der Waals surface area contributed by atoms with Crippen LogP contribution in [0.4, 0.5) is 0 Å². The molecule has 0 atom stereocenters. The molecular weight excluding hydrogens is 699 g/mol. The van der Waals surface area contributed by atoms with Gasteiger partial charge in [-0.05, 0) is 60.0 Å². The van der Waals surface area contributed by atoms with Crippen molar-refractivity contribution in [2.45, 2.75) is 0 Å². The molecule has 5 aromatic heterocycles. The summed E-state index contributed by atoms with van der Waals surface area (Å²) in [6.45, 7) is 0. The van der Waals surface area contributed by atoms with E-state index in [-0.39, 0.29) is 0 Å². The summed E-state index contributed by atoms with van der Waals surface area (Å²) in [5.74, 6) is 1.83. The van der Waals surface area contributed by atoms with Crippen molar-refractivity contribution in [2.24, 2.45) is 0 Å². The fraction of sp³-hybridized carbons (Fsp3) is 0. The summed E-state index contributed by atoms with van der Waals surface area (Å²) < 4.78 is 11.2. The highest BCUT2D eigenvalue weighted by Gasteiger charge is 2.25. The molecule has 13 rings (SSSR count). The average molecular weight is 728 g/mol. The van der Waals surface area contributed by atoms with E-state index in [0.29, 0.717) is 17.5 Å². The minimum atomic E-state index is 0.599. The first-order valence-corrected chi connectivity index (χ1v) is 19.2. The van der Waals surface area contributed by atoms with Gasteiger partial charge in [-0.2, -0.15) is 0 Å². The first-order chi connectivity index (χ1) is 28.3. The molecule has 0 amide bonds. The lowest BCUT2D eigenvalue weighted by Gasteiger charge is -2.11. The van der Waals surface area contributed by atoms with Crippen LogP contribution < -0.4 is 0 Å². The Kier molecular flexibility index (Phi) is 6.07. The molecule has 0 aliphatic heterocycles. The van der Waals surface area contributed by atoms with E-state index >= 15 is 0 Å². The Labute approximate surface area is 324 Å². The topological polar surface area (TPSA) is 61.1 Å². The van der Waals surface area contributed by atoms with E-state index in [1.165, 1.54) is 32.6 Å². The smallest absolute Gasteiger partial charge is 0.164 e. The third kappa shape index (κ3) is 4.16. The number of hydrogen-bond acceptors (Lipinski definition) is 4. The fourth-order valence-electron chi connectivity index (χ4n) is 9.40. The summed E-state index contributed by atoms with van der Waals surface area (Å²) in [5, 5.41) is 9.15. The third-order valence-corrected chi connectivity index (χ3v) is 11.7. The average Bonchev–Trinajstić information content (AvgIpc) is 3.92. The lowest BCUT2D eigenvalue weighted by molar-refractivity contribution is 0.669. The van der Waals surface area contributed by atoms with Gasteiger partial charge in [0.1, 0.15) is 11.2 Å². The van der Waals surface area contributed by atoms with Crippen LogP contribution in [0.15, 0.2) is 180 Å². The molecule has 0 saturated heterocycles. The molecule has 8 aromatic carbocycles. The first-order valence-electron chi connectivity index (χ1n) is 19.2. The third-order valence-electron chi connectivity index (χ3n) is 11.7. The van der Waals surface area contributed by atoms with Crippen molar-refractivity contribution >= 4 is 81.8 Å². The van der Waals surface area contributed by atoms with Gasteiger partial charge < -0.3 is 13.4 Å². The lowest BCUT2D eigenvalue weighted by atomic mass is 9.99. The molecule has 13 aromatic rings. The number of hydrogen-bond donors (Lipinski definition) is 0. The molecular formula is C51H29N5O. The second kappa shape index (κ2) is 11.4. The molecule has 0 aliphatic carbocycles. The predicted molar refractivity (Wildman–Crippen MR) is 232 cm³/mol. The van der Waals surface area contributed by atoms with Gasteiger partial charge in [-0.1, -0.05) is 121 Å². The second-order valence-electron chi connectivity index (χ2n) is 14.7. The van der Waals surface area contributed by atoms with Crippen LogP contribution in [0, 0.1) is 0 Å². The van der Waals surface area contributed by atoms with Crippen LogP contribution in [-0.4, -0.2) is 23.9 Å². The van der Waals surface area contributed by atoms with Gasteiger partial charge in [0.15, 0.2) is 17.5 Å². The van der Waals surface area contributed by atoms with E-state index in [1.807, 2.05) is 48.5 Å². The molecule has 0 unspecified atom stereocenters. The zero-order valence-electron chi connectivity index (χ0n) is 30.4. The Morgan fingerprint density at radius 3 is 1.79 bits per heavy atom. The van der Waals surface area contributed by atoms with E-state index < -0.39 is 0 Å². The van der Waals surface area contributed by atoms with Crippen molar-refractivity contribution in [2.75, 3.05) is 0 Å². The molecule has 0 N–H and O–H groups in total. The first kappa shape index (κ1) is 30.5. The van der Waals surface area contributed by atoms with Gasteiger partial charge in [0.05, 0.1) is 27.6 Å². The van der Waals surface area contributed by atoms with Crippen LogP contribution in [0.3, 0.4) is 0 Å². The highest BCUT2D eigenvalue weighted by molar-refractivity contribution is 6.32. The molecule has 57 heavy (non-hydrogen) atoms. The minimum absolute atomic E-state index is 0.599. The molecule has 264 valence electrons. The number of benzene rings is 8. The van der Waals surface area contributed by atoms with Crippen molar-refractivity contribution in [3.8, 4) is 39.9 Å². The number of aromatic nitrogens is 5. The Balaban J connectivity index is 1.18. The molecule has 6 heteroatoms. The monoisotopic (exact) mass is 727 g/mol. The fourth-order valence-corrected chi connectivity index (χ4v) is 9.40. The second-order valence-corrected chi connectivity index (χ2v) is 14.7. The SMILES string of the molecule is c1ccc(-c2nc(-c3cccc4oc5ccccc5c34)nc(-c3ccc4c5cccc6c5c5c(cccc5n5c7ccccc7c3c45)n6-c3ccccc3)n2)cc1. The summed E-state index contributed by atoms with van der Waals surface area (Å²) >= 11 is 0. The molecule has 5 heterocycles. The normalized spacial score (nSPS) is 12.2. The molecule has 0 saturated carbocycles. The zero-order valence-corrected chi connectivity index (χ0v) is 30.4. The van der Waals surface area contributed by atoms with Crippen LogP contribution in [-0.2, 0) is 0 Å². The van der Waals surface area contributed by atoms with Crippen molar-refractivity contribution in [3.05, 3.63) is 176 Å². The maximum atomic E-state index is 6.32. The van der Waals surface area contributed by atoms with Crippen LogP contribution in [0.1, 0.15) is 0 Å². The number of nitrogens with zero attached hydrogens (tertiary/aromatic N) is 5. The summed E-state index contributed by atoms with van der Waals surface area (Å²) in [4.78, 5) is 15.8. The molecule has 0 spiro atoms. The van der Waals surface area contributed by atoms with Crippen LogP contribution >= 0.6 is 0 Å². The summed E-state index contributed by atoms with van der Waals surface area (Å²) in [7, 11) is 0. The standard InChI is InChI=1S/C51H29N5O/c1-3-14-30(15-4-1)49-52-50(36-21-12-27-43-44(36)35-19-8-10-26-42(35)57-43)54-51(53-49)37-29-28-33-32-20-11-23-39-46(32)47-40(55(39)31-16-5-2-6-17-31)24-13-25-41(47)56-38-22-9-7-18-34(38)45(37)48(33)56/h1-29H. The molecule has 6 nitrogen and oxygen atoms in total. The molecule has 0 bridgehead atoms. The highest BCUT2D eigenvalue weighted by atomic mass is 16.3. The molecule has 0 fully saturated rings. The van der Waals surface area contributed by atoms with Crippen molar-refractivity contribution < 1.29 is 4.42 Å². The zero-order chi connectivity index (χ0) is 37.2. The number of fused-ring (bicyclic) bond motifs is 8. The van der Waals surface area contributed by atoms with Gasteiger partial charge in [0.25, 0.3) is 0 Å². The van der Waals surface area contributed by atoms with Crippen molar-refractivity contribution in [1.82, 2.24) is 23.9 Å². The van der Waals surface area contributed by atoms with Crippen LogP contribution in [0.5, 0.6) is 0 Å². The van der Waals surface area contributed by atoms with E-state index in [4.69, 9.17) is 19.4 Å². The Hall–Kier alpha value is -7.83. The number of furan rings is 1. The maximum Gasteiger partial charge on any atom is 0.164 e. The highest BCUT2D eigenvalue weighted by Crippen LogP contribution is 2.46. The number of rotatable bonds is 4. The van der Waals surface area contributed by atoms with E-state index in [9.17, 15) is 0 Å². The van der Waals surface area contributed by atoms with Gasteiger partial charge >= 0.3 is 0 Å². The van der Waals surface area contributed by atoms with Gasteiger partial charge in [0, 0.05) is 60.1 Å². The van der Waals surface area contributed by atoms with Crippen LogP contribution in [0.25, 0.3) is 122 Å². The molecule has 0 radical (unpaired) electrons. The quantitative estimate of drug-likeness (QED) is 0.181. The summed E-state index contributed by atoms with van der Waals surface area (Å²) in [5.41, 5.74) is 11.3. The van der Waals surface area contributed by atoms with Crippen molar-refractivity contribution in [1.29, 1.82) is 0 Å². The summed E-state index contributed by atoms with van der Waals surface area (Å²) in [6.07, 6.45) is 0. The lowest BCUT2D eigenvalue weighted by Crippen LogP contribution is -2.01. The van der Waals surface area contributed by atoms with Gasteiger partial charge in [-0.25, -0.2) is 15.0 Å². The Morgan fingerprint density at radius 1 is 0.351 bits per heavy atom. The maximum absolute atomic E-state index is 6.32. The Bertz CT molecular complexity index is 3750. The van der Waals surface area contributed by atoms with E-state index in [2.05, 4.69) is 136 Å². The van der Waals surface area contributed by atoms with E-state index in [0.717, 1.165) is 71.6 Å². The van der Waals surface area contributed by atoms with E-state index in [1.54, 1.807) is 0 Å². The predicted octanol–water partition coefficient (Wildman–Crippen LogP) is 13.0. The van der Waals surface area contributed by atoms with Crippen LogP contribution in [0.2, 0.25) is 0 Å². The van der Waals surface area contributed by atoms with Gasteiger partial charge in [-0.15, -0.1) is 0 Å². The minimum Gasteiger partial charge on any atom is -0.456 e. The van der Waals surface area contributed by atoms with Gasteiger partial charge in [-0.3, -0.25) is 0 Å². The largest absolute Gasteiger partial charge is 0.456 e. The van der Waals surface area contributed by atoms with Crippen molar-refractivity contribution in [3.63, 3.8) is 0 Å². The van der Waals surface area contributed by atoms with Gasteiger partial charge in [0.2, 0.25) is 0 Å². The number of para-hydroxylation sites is 3. The molecule has 0 aliphatic rings. The Morgan fingerprint density at radius 2 is 0.947 bits per heavy atom. The summed E-state index contributed by atoms with van der Waals surface area (Å²) in [6, 6.07) is 61.8.